The van der Waals surface area contributed by atoms with Gasteiger partial charge in [0.05, 0.1) is 0 Å². The smallest absolute Gasteiger partial charge is 0.317 e. The molecule has 0 bridgehead atoms. The number of urea groups is 2. The molecule has 40 heavy (non-hydrogen) atoms. The molecule has 0 atom stereocenters. The molecule has 230 valence electrons. The van der Waals surface area contributed by atoms with Gasteiger partial charge in [-0.05, 0) is 81.1 Å². The molecule has 3 heterocycles. The van der Waals surface area contributed by atoms with Crippen LogP contribution in [0.2, 0.25) is 0 Å². The second-order valence-electron chi connectivity index (χ2n) is 14.4. The van der Waals surface area contributed by atoms with Crippen LogP contribution in [0.3, 0.4) is 0 Å². The zero-order chi connectivity index (χ0) is 29.9. The van der Waals surface area contributed by atoms with Crippen LogP contribution in [0.5, 0.6) is 0 Å². The molecule has 3 rings (SSSR count). The largest absolute Gasteiger partial charge is 0.335 e. The van der Waals surface area contributed by atoms with Crippen LogP contribution >= 0.6 is 0 Å². The number of nitrogens with one attached hydrogen (secondary N) is 4. The van der Waals surface area contributed by atoms with Crippen molar-refractivity contribution >= 4 is 12.1 Å². The van der Waals surface area contributed by atoms with E-state index in [1.165, 1.54) is 0 Å². The molecule has 3 aliphatic rings. The number of rotatable bonds is 2. The van der Waals surface area contributed by atoms with E-state index >= 15 is 0 Å². The molecule has 3 saturated heterocycles. The van der Waals surface area contributed by atoms with Gasteiger partial charge >= 0.3 is 12.1 Å². The number of hydrogen-bond donors (Lipinski definition) is 4. The van der Waals surface area contributed by atoms with Gasteiger partial charge in [0.25, 0.3) is 0 Å². The molecule has 3 fully saturated rings. The fraction of sp³-hybridized carbons (Fsp3) is 0.929. The molecule has 0 aromatic carbocycles. The molecular formula is C28H54N8O4. The normalized spacial score (nSPS) is 27.4. The molecule has 0 saturated carbocycles. The Labute approximate surface area is 241 Å². The maximum Gasteiger partial charge on any atom is 0.317 e. The predicted molar refractivity (Wildman–Crippen MR) is 153 cm³/mol. The van der Waals surface area contributed by atoms with Gasteiger partial charge in [0.15, 0.2) is 0 Å². The van der Waals surface area contributed by atoms with Gasteiger partial charge in [0.2, 0.25) is 0 Å². The average molecular weight is 567 g/mol. The average Bonchev–Trinajstić information content (AvgIpc) is 2.80. The topological polar surface area (TPSA) is 135 Å². The highest BCUT2D eigenvalue weighted by Crippen LogP contribution is 2.38. The lowest BCUT2D eigenvalue weighted by Crippen LogP contribution is -2.64. The van der Waals surface area contributed by atoms with Crippen molar-refractivity contribution < 1.29 is 20.0 Å². The van der Waals surface area contributed by atoms with Crippen molar-refractivity contribution in [3.63, 3.8) is 0 Å². The van der Waals surface area contributed by atoms with Crippen molar-refractivity contribution in [3.05, 3.63) is 0 Å². The van der Waals surface area contributed by atoms with E-state index in [4.69, 9.17) is 0 Å². The lowest BCUT2D eigenvalue weighted by atomic mass is 9.79. The van der Waals surface area contributed by atoms with Crippen LogP contribution in [0.15, 0.2) is 0 Å². The Bertz CT molecular complexity index is 774. The van der Waals surface area contributed by atoms with Gasteiger partial charge in [-0.2, -0.15) is 0 Å². The van der Waals surface area contributed by atoms with Crippen molar-refractivity contribution in [1.82, 2.24) is 41.2 Å². The van der Waals surface area contributed by atoms with Crippen molar-refractivity contribution in [2.24, 2.45) is 0 Å². The zero-order valence-electron chi connectivity index (χ0n) is 26.1. The van der Waals surface area contributed by atoms with E-state index in [0.717, 1.165) is 23.2 Å². The molecule has 2 radical (unpaired) electrons. The van der Waals surface area contributed by atoms with Crippen molar-refractivity contribution in [1.29, 1.82) is 0 Å². The summed E-state index contributed by atoms with van der Waals surface area (Å²) in [6, 6.07) is -0.558. The molecule has 12 nitrogen and oxygen atoms in total. The van der Waals surface area contributed by atoms with Gasteiger partial charge in [0, 0.05) is 86.6 Å². The predicted octanol–water partition coefficient (Wildman–Crippen LogP) is 1.94. The zero-order valence-corrected chi connectivity index (χ0v) is 26.1. The summed E-state index contributed by atoms with van der Waals surface area (Å²) in [5.74, 6) is 0. The van der Waals surface area contributed by atoms with Crippen LogP contribution in [0.25, 0.3) is 0 Å². The maximum atomic E-state index is 13.5. The minimum absolute atomic E-state index is 0.112. The van der Waals surface area contributed by atoms with Crippen LogP contribution in [0, 0.1) is 0 Å². The van der Waals surface area contributed by atoms with Crippen molar-refractivity contribution in [2.75, 3.05) is 52.4 Å². The number of hydroxylamine groups is 4. The SMILES string of the molecule is CC1(C)CC(NC(=O)N2CCNCCNCCN(C(=O)NC3CC(C)(C)N([O])C(C)(C)C3)CC2)CC(C)(C)N1[O]. The number of carbonyl (C=O) groups excluding carboxylic acids is 2. The number of nitrogens with zero attached hydrogens (tertiary/aromatic N) is 4. The molecule has 3 aliphatic heterocycles. The van der Waals surface area contributed by atoms with Crippen molar-refractivity contribution in [2.45, 2.75) is 115 Å². The summed E-state index contributed by atoms with van der Waals surface area (Å²) in [7, 11) is 0. The quantitative estimate of drug-likeness (QED) is 0.404. The minimum atomic E-state index is -0.573. The summed E-state index contributed by atoms with van der Waals surface area (Å²) >= 11 is 0. The Hall–Kier alpha value is -1.70. The summed E-state index contributed by atoms with van der Waals surface area (Å²) in [5.41, 5.74) is -2.29. The first-order valence-corrected chi connectivity index (χ1v) is 14.9. The monoisotopic (exact) mass is 566 g/mol. The summed E-state index contributed by atoms with van der Waals surface area (Å²) in [6.07, 6.45) is 2.30. The van der Waals surface area contributed by atoms with E-state index in [-0.39, 0.29) is 24.1 Å². The Kier molecular flexibility index (Phi) is 10.4. The van der Waals surface area contributed by atoms with Gasteiger partial charge in [-0.25, -0.2) is 9.59 Å². The summed E-state index contributed by atoms with van der Waals surface area (Å²) in [6.45, 7) is 20.0. The molecule has 4 amide bonds. The van der Waals surface area contributed by atoms with Gasteiger partial charge in [-0.3, -0.25) is 0 Å². The first-order chi connectivity index (χ1) is 18.4. The highest BCUT2D eigenvalue weighted by molar-refractivity contribution is 5.76. The molecule has 12 heteroatoms. The lowest BCUT2D eigenvalue weighted by molar-refractivity contribution is -0.289. The Morgan fingerprint density at radius 3 is 1.15 bits per heavy atom. The van der Waals surface area contributed by atoms with E-state index in [2.05, 4.69) is 21.3 Å². The first kappa shape index (κ1) is 32.8. The second-order valence-corrected chi connectivity index (χ2v) is 14.4. The fourth-order valence-electron chi connectivity index (χ4n) is 6.99. The molecular weight excluding hydrogens is 512 g/mol. The molecule has 4 N–H and O–H groups in total. The molecule has 0 spiro atoms. The molecule has 0 aliphatic carbocycles. The van der Waals surface area contributed by atoms with Crippen LogP contribution in [-0.2, 0) is 10.4 Å². The Balaban J connectivity index is 1.66. The Morgan fingerprint density at radius 2 is 0.850 bits per heavy atom. The third kappa shape index (κ3) is 8.19. The van der Waals surface area contributed by atoms with E-state index in [1.807, 2.05) is 55.4 Å². The number of carbonyl (C=O) groups is 2. The van der Waals surface area contributed by atoms with E-state index in [9.17, 15) is 20.0 Å². The van der Waals surface area contributed by atoms with Crippen molar-refractivity contribution in [3.8, 4) is 0 Å². The number of amides is 4. The van der Waals surface area contributed by atoms with Gasteiger partial charge in [-0.1, -0.05) is 0 Å². The third-order valence-corrected chi connectivity index (χ3v) is 8.65. The maximum absolute atomic E-state index is 13.5. The summed E-state index contributed by atoms with van der Waals surface area (Å²) in [5, 5.41) is 41.0. The summed E-state index contributed by atoms with van der Waals surface area (Å²) < 4.78 is 0. The molecule has 0 unspecified atom stereocenters. The fourth-order valence-corrected chi connectivity index (χ4v) is 6.99. The van der Waals surface area contributed by atoms with Crippen LogP contribution in [-0.4, -0.2) is 119 Å². The minimum Gasteiger partial charge on any atom is -0.335 e. The highest BCUT2D eigenvalue weighted by Gasteiger charge is 2.48. The highest BCUT2D eigenvalue weighted by atomic mass is 16.5. The van der Waals surface area contributed by atoms with E-state index in [0.29, 0.717) is 65.0 Å². The van der Waals surface area contributed by atoms with Gasteiger partial charge < -0.3 is 31.1 Å². The second kappa shape index (κ2) is 12.7. The van der Waals surface area contributed by atoms with Crippen LogP contribution < -0.4 is 21.3 Å². The van der Waals surface area contributed by atoms with E-state index in [1.54, 1.807) is 9.80 Å². The van der Waals surface area contributed by atoms with Crippen LogP contribution in [0.1, 0.15) is 81.1 Å². The van der Waals surface area contributed by atoms with Gasteiger partial charge in [-0.15, -0.1) is 20.5 Å². The first-order valence-electron chi connectivity index (χ1n) is 14.9. The van der Waals surface area contributed by atoms with Crippen LogP contribution in [0.4, 0.5) is 9.59 Å². The van der Waals surface area contributed by atoms with Gasteiger partial charge in [0.1, 0.15) is 0 Å². The standard InChI is InChI=1S/C28H54N8O4/c1-25(2)17-21(18-26(3,4)35(25)39)31-23(37)33-13-11-29-9-10-30-12-14-34(16-15-33)24(38)32-22-19-27(5,6)36(40)28(7,8)20-22/h21-22,29-30H,9-20H2,1-8H3,(H,31,37)(H,32,38). The molecule has 0 aromatic rings. The lowest BCUT2D eigenvalue weighted by Gasteiger charge is -2.50. The van der Waals surface area contributed by atoms with E-state index < -0.39 is 22.2 Å². The third-order valence-electron chi connectivity index (χ3n) is 8.65. The number of hydrogen-bond acceptors (Lipinski definition) is 6. The Morgan fingerprint density at radius 1 is 0.550 bits per heavy atom. The number of piperidine rings is 2. The molecule has 0 aromatic heterocycles. The summed E-state index contributed by atoms with van der Waals surface area (Å²) in [4.78, 5) is 30.5.